The number of amides is 2. The summed E-state index contributed by atoms with van der Waals surface area (Å²) in [5, 5.41) is 21.5. The van der Waals surface area contributed by atoms with E-state index in [1.165, 1.54) is 29.2 Å². The zero-order valence-electron chi connectivity index (χ0n) is 11.7. The number of phenolic OH excluding ortho intramolecular Hbond substituents is 1. The van der Waals surface area contributed by atoms with Gasteiger partial charge in [0.15, 0.2) is 0 Å². The number of nitrogens with one attached hydrogen (secondary N) is 1. The van der Waals surface area contributed by atoms with Gasteiger partial charge in [-0.2, -0.15) is 0 Å². The molecule has 1 heterocycles. The van der Waals surface area contributed by atoms with E-state index in [0.29, 0.717) is 25.3 Å². The molecule has 0 radical (unpaired) electrons. The predicted molar refractivity (Wildman–Crippen MR) is 77.5 cm³/mol. The first-order valence-corrected chi connectivity index (χ1v) is 6.86. The molecule has 1 aliphatic heterocycles. The normalized spacial score (nSPS) is 15.3. The number of urea groups is 1. The molecule has 2 amide bonds. The molecule has 0 aromatic heterocycles. The van der Waals surface area contributed by atoms with E-state index in [1.54, 1.807) is 4.90 Å². The molecule has 0 spiro atoms. The van der Waals surface area contributed by atoms with Gasteiger partial charge >= 0.3 is 12.0 Å². The van der Waals surface area contributed by atoms with Gasteiger partial charge in [-0.3, -0.25) is 9.69 Å². The van der Waals surface area contributed by atoms with Crippen LogP contribution >= 0.6 is 0 Å². The number of carboxylic acids is 1. The van der Waals surface area contributed by atoms with Crippen molar-refractivity contribution >= 4 is 17.7 Å². The van der Waals surface area contributed by atoms with E-state index in [-0.39, 0.29) is 11.8 Å². The van der Waals surface area contributed by atoms with Crippen LogP contribution in [0, 0.1) is 0 Å². The molecule has 7 nitrogen and oxygen atoms in total. The third-order valence-electron chi connectivity index (χ3n) is 3.30. The van der Waals surface area contributed by atoms with Crippen LogP contribution in [0.3, 0.4) is 0 Å². The van der Waals surface area contributed by atoms with Crippen LogP contribution in [-0.2, 0) is 4.79 Å². The Morgan fingerprint density at radius 1 is 1.19 bits per heavy atom. The average molecular weight is 293 g/mol. The van der Waals surface area contributed by atoms with Crippen molar-refractivity contribution in [3.8, 4) is 5.75 Å². The smallest absolute Gasteiger partial charge is 0.325 e. The molecular weight excluding hydrogens is 274 g/mol. The van der Waals surface area contributed by atoms with Crippen LogP contribution in [0.5, 0.6) is 5.75 Å². The van der Waals surface area contributed by atoms with Crippen LogP contribution in [0.4, 0.5) is 10.5 Å². The van der Waals surface area contributed by atoms with E-state index in [0.717, 1.165) is 13.0 Å². The first kappa shape index (κ1) is 15.1. The fraction of sp³-hybridized carbons (Fsp3) is 0.429. The summed E-state index contributed by atoms with van der Waals surface area (Å²) in [5.74, 6) is -1.01. The summed E-state index contributed by atoms with van der Waals surface area (Å²) in [7, 11) is 0. The Balaban J connectivity index is 2.19. The Bertz CT molecular complexity index is 495. The molecule has 7 heteroatoms. The maximum atomic E-state index is 12.6. The Morgan fingerprint density at radius 3 is 2.57 bits per heavy atom. The second-order valence-electron chi connectivity index (χ2n) is 4.87. The van der Waals surface area contributed by atoms with E-state index in [4.69, 9.17) is 5.11 Å². The van der Waals surface area contributed by atoms with Crippen molar-refractivity contribution in [2.45, 2.75) is 6.42 Å². The number of carbonyl (C=O) groups excluding carboxylic acids is 1. The number of carboxylic acid groups (broad SMARTS) is 1. The number of phenols is 1. The van der Waals surface area contributed by atoms with Gasteiger partial charge in [-0.05, 0) is 37.2 Å². The largest absolute Gasteiger partial charge is 0.508 e. The second kappa shape index (κ2) is 6.94. The highest BCUT2D eigenvalue weighted by molar-refractivity contribution is 5.96. The molecule has 2 rings (SSSR count). The predicted octanol–water partition coefficient (Wildman–Crippen LogP) is 0.699. The molecule has 0 atom stereocenters. The van der Waals surface area contributed by atoms with Crippen LogP contribution in [0.1, 0.15) is 6.42 Å². The lowest BCUT2D eigenvalue weighted by Gasteiger charge is -2.28. The quantitative estimate of drug-likeness (QED) is 0.763. The van der Waals surface area contributed by atoms with Crippen LogP contribution in [0.25, 0.3) is 0 Å². The van der Waals surface area contributed by atoms with Crippen molar-refractivity contribution in [3.63, 3.8) is 0 Å². The molecule has 0 aliphatic carbocycles. The summed E-state index contributed by atoms with van der Waals surface area (Å²) in [6.45, 7) is 2.28. The maximum Gasteiger partial charge on any atom is 0.325 e. The summed E-state index contributed by atoms with van der Waals surface area (Å²) < 4.78 is 0. The first-order chi connectivity index (χ1) is 10.1. The Morgan fingerprint density at radius 2 is 1.90 bits per heavy atom. The molecule has 21 heavy (non-hydrogen) atoms. The average Bonchev–Trinajstić information content (AvgIpc) is 2.74. The van der Waals surface area contributed by atoms with Crippen molar-refractivity contribution in [2.75, 3.05) is 37.6 Å². The van der Waals surface area contributed by atoms with Crippen molar-refractivity contribution in [2.24, 2.45) is 0 Å². The number of hydrogen-bond donors (Lipinski definition) is 3. The third kappa shape index (κ3) is 4.09. The van der Waals surface area contributed by atoms with Gasteiger partial charge in [0.2, 0.25) is 0 Å². The molecule has 1 aliphatic rings. The van der Waals surface area contributed by atoms with Gasteiger partial charge in [-0.25, -0.2) is 4.79 Å². The molecule has 1 fully saturated rings. The maximum absolute atomic E-state index is 12.6. The standard InChI is InChI=1S/C14H19N3O4/c18-12-4-2-11(3-5-12)17(10-13(19)20)14(21)16-8-1-6-15-7-9-16/h2-5,15,18H,1,6-10H2,(H,19,20). The molecule has 114 valence electrons. The minimum atomic E-state index is -1.08. The van der Waals surface area contributed by atoms with Gasteiger partial charge in [-0.15, -0.1) is 0 Å². The highest BCUT2D eigenvalue weighted by Gasteiger charge is 2.24. The van der Waals surface area contributed by atoms with Crippen molar-refractivity contribution in [3.05, 3.63) is 24.3 Å². The zero-order chi connectivity index (χ0) is 15.2. The van der Waals surface area contributed by atoms with E-state index in [9.17, 15) is 14.7 Å². The highest BCUT2D eigenvalue weighted by atomic mass is 16.4. The summed E-state index contributed by atoms with van der Waals surface area (Å²) in [5.41, 5.74) is 0.456. The van der Waals surface area contributed by atoms with Gasteiger partial charge in [0, 0.05) is 25.3 Å². The monoisotopic (exact) mass is 293 g/mol. The zero-order valence-corrected chi connectivity index (χ0v) is 11.7. The molecule has 3 N–H and O–H groups in total. The fourth-order valence-corrected chi connectivity index (χ4v) is 2.24. The number of rotatable bonds is 3. The number of benzene rings is 1. The number of hydrogen-bond acceptors (Lipinski definition) is 4. The summed E-state index contributed by atoms with van der Waals surface area (Å²) in [6.07, 6.45) is 0.836. The Hall–Kier alpha value is -2.28. The lowest BCUT2D eigenvalue weighted by Crippen LogP contribution is -2.46. The van der Waals surface area contributed by atoms with Gasteiger partial charge in [0.05, 0.1) is 0 Å². The van der Waals surface area contributed by atoms with E-state index in [2.05, 4.69) is 5.32 Å². The Kier molecular flexibility index (Phi) is 4.99. The molecular formula is C14H19N3O4. The van der Waals surface area contributed by atoms with Crippen LogP contribution < -0.4 is 10.2 Å². The number of aromatic hydroxyl groups is 1. The number of aliphatic carboxylic acids is 1. The minimum Gasteiger partial charge on any atom is -0.508 e. The molecule has 0 bridgehead atoms. The highest BCUT2D eigenvalue weighted by Crippen LogP contribution is 2.20. The van der Waals surface area contributed by atoms with E-state index >= 15 is 0 Å². The molecule has 1 aromatic carbocycles. The lowest BCUT2D eigenvalue weighted by molar-refractivity contribution is -0.135. The SMILES string of the molecule is O=C(O)CN(C(=O)N1CCCNCC1)c1ccc(O)cc1. The van der Waals surface area contributed by atoms with Gasteiger partial charge < -0.3 is 20.4 Å². The number of carbonyl (C=O) groups is 2. The Labute approximate surface area is 122 Å². The van der Waals surface area contributed by atoms with E-state index in [1.807, 2.05) is 0 Å². The van der Waals surface area contributed by atoms with Crippen LogP contribution in [0.15, 0.2) is 24.3 Å². The second-order valence-corrected chi connectivity index (χ2v) is 4.87. The van der Waals surface area contributed by atoms with E-state index < -0.39 is 12.5 Å². The molecule has 0 unspecified atom stereocenters. The van der Waals surface area contributed by atoms with Gasteiger partial charge in [-0.1, -0.05) is 0 Å². The van der Waals surface area contributed by atoms with Crippen molar-refractivity contribution < 1.29 is 19.8 Å². The molecule has 1 saturated heterocycles. The molecule has 1 aromatic rings. The summed E-state index contributed by atoms with van der Waals surface area (Å²) in [6, 6.07) is 5.60. The summed E-state index contributed by atoms with van der Waals surface area (Å²) >= 11 is 0. The number of anilines is 1. The first-order valence-electron chi connectivity index (χ1n) is 6.86. The fourth-order valence-electron chi connectivity index (χ4n) is 2.24. The topological polar surface area (TPSA) is 93.1 Å². The molecule has 0 saturated carbocycles. The van der Waals surface area contributed by atoms with Crippen LogP contribution in [0.2, 0.25) is 0 Å². The van der Waals surface area contributed by atoms with Crippen molar-refractivity contribution in [1.82, 2.24) is 10.2 Å². The summed E-state index contributed by atoms with van der Waals surface area (Å²) in [4.78, 5) is 26.5. The van der Waals surface area contributed by atoms with Crippen LogP contribution in [-0.4, -0.2) is 59.8 Å². The third-order valence-corrected chi connectivity index (χ3v) is 3.30. The van der Waals surface area contributed by atoms with Gasteiger partial charge in [0.1, 0.15) is 12.3 Å². The van der Waals surface area contributed by atoms with Crippen molar-refractivity contribution in [1.29, 1.82) is 0 Å². The van der Waals surface area contributed by atoms with Gasteiger partial charge in [0.25, 0.3) is 0 Å². The minimum absolute atomic E-state index is 0.0699. The number of nitrogens with zero attached hydrogens (tertiary/aromatic N) is 2. The lowest BCUT2D eigenvalue weighted by atomic mass is 10.2.